The highest BCUT2D eigenvalue weighted by atomic mass is 16.6. The molecule has 1 saturated heterocycles. The summed E-state index contributed by atoms with van der Waals surface area (Å²) in [6.45, 7) is -0.859. The number of amides is 1. The minimum absolute atomic E-state index is 0.310. The molecule has 0 aromatic heterocycles. The van der Waals surface area contributed by atoms with Crippen molar-refractivity contribution in [1.29, 1.82) is 0 Å². The van der Waals surface area contributed by atoms with Gasteiger partial charge in [0, 0.05) is 0 Å². The summed E-state index contributed by atoms with van der Waals surface area (Å²) in [4.78, 5) is 11.0. The van der Waals surface area contributed by atoms with E-state index in [1.165, 1.54) is 0 Å². The fraction of sp³-hybridized carbons (Fsp3) is 0.875. The van der Waals surface area contributed by atoms with Gasteiger partial charge in [0.25, 0.3) is 0 Å². The molecule has 1 heterocycles. The number of nitrogens with two attached hydrogens (primary N) is 1. The molecule has 94 valence electrons. The van der Waals surface area contributed by atoms with Gasteiger partial charge in [0.2, 0.25) is 5.91 Å². The Bertz CT molecular complexity index is 251. The number of hydrogen-bond acceptors (Lipinski definition) is 7. The van der Waals surface area contributed by atoms with Crippen LogP contribution in [0, 0.1) is 0 Å². The van der Waals surface area contributed by atoms with Crippen molar-refractivity contribution in [1.82, 2.24) is 5.32 Å². The van der Waals surface area contributed by atoms with Gasteiger partial charge in [-0.1, -0.05) is 0 Å². The van der Waals surface area contributed by atoms with Crippen LogP contribution in [0.1, 0.15) is 0 Å². The van der Waals surface area contributed by atoms with Crippen LogP contribution in [0.5, 0.6) is 0 Å². The molecule has 5 atom stereocenters. The molecule has 16 heavy (non-hydrogen) atoms. The number of aliphatic hydroxyl groups excluding tert-OH is 4. The number of carbonyl (C=O) groups is 1. The van der Waals surface area contributed by atoms with Crippen LogP contribution in [0.2, 0.25) is 0 Å². The van der Waals surface area contributed by atoms with E-state index in [4.69, 9.17) is 15.6 Å². The van der Waals surface area contributed by atoms with Gasteiger partial charge in [0.05, 0.1) is 13.2 Å². The van der Waals surface area contributed by atoms with Crippen LogP contribution in [-0.2, 0) is 9.53 Å². The summed E-state index contributed by atoms with van der Waals surface area (Å²) in [5, 5.41) is 39.5. The summed E-state index contributed by atoms with van der Waals surface area (Å²) in [7, 11) is 0. The number of carbonyl (C=O) groups excluding carboxylic acids is 1. The molecular formula is C8H16N2O6. The van der Waals surface area contributed by atoms with Gasteiger partial charge >= 0.3 is 0 Å². The maximum absolute atomic E-state index is 11.0. The van der Waals surface area contributed by atoms with Crippen molar-refractivity contribution >= 4 is 5.91 Å². The van der Waals surface area contributed by atoms with Crippen molar-refractivity contribution in [3.8, 4) is 0 Å². The second-order valence-electron chi connectivity index (χ2n) is 3.53. The van der Waals surface area contributed by atoms with E-state index in [-0.39, 0.29) is 6.54 Å². The quantitative estimate of drug-likeness (QED) is 0.292. The molecule has 0 aromatic rings. The third kappa shape index (κ3) is 2.67. The molecule has 1 aliphatic rings. The topological polar surface area (TPSA) is 145 Å². The second kappa shape index (κ2) is 5.53. The highest BCUT2D eigenvalue weighted by Gasteiger charge is 2.44. The lowest BCUT2D eigenvalue weighted by Crippen LogP contribution is -2.64. The third-order valence-electron chi connectivity index (χ3n) is 2.41. The van der Waals surface area contributed by atoms with Crippen LogP contribution in [0.4, 0.5) is 0 Å². The summed E-state index contributed by atoms with van der Waals surface area (Å²) in [6.07, 6.45) is -5.42. The fourth-order valence-electron chi connectivity index (χ4n) is 1.50. The van der Waals surface area contributed by atoms with Gasteiger partial charge in [-0.25, -0.2) is 0 Å². The Kier molecular flexibility index (Phi) is 4.59. The molecule has 8 heteroatoms. The lowest BCUT2D eigenvalue weighted by molar-refractivity contribution is -0.253. The minimum Gasteiger partial charge on any atom is -0.394 e. The van der Waals surface area contributed by atoms with Gasteiger partial charge < -0.3 is 36.2 Å². The van der Waals surface area contributed by atoms with Crippen LogP contribution in [0.15, 0.2) is 0 Å². The molecule has 2 unspecified atom stereocenters. The monoisotopic (exact) mass is 236 g/mol. The highest BCUT2D eigenvalue weighted by Crippen LogP contribution is 2.19. The van der Waals surface area contributed by atoms with Crippen molar-refractivity contribution in [2.45, 2.75) is 30.6 Å². The fourth-order valence-corrected chi connectivity index (χ4v) is 1.50. The van der Waals surface area contributed by atoms with Crippen LogP contribution in [0.25, 0.3) is 0 Å². The zero-order chi connectivity index (χ0) is 12.3. The Labute approximate surface area is 91.6 Å². The number of rotatable bonds is 3. The van der Waals surface area contributed by atoms with Gasteiger partial charge in [0.15, 0.2) is 6.29 Å². The Morgan fingerprint density at radius 2 is 1.94 bits per heavy atom. The van der Waals surface area contributed by atoms with Gasteiger partial charge in [0.1, 0.15) is 24.4 Å². The van der Waals surface area contributed by atoms with Crippen molar-refractivity contribution < 1.29 is 30.0 Å². The maximum atomic E-state index is 11.0. The van der Waals surface area contributed by atoms with Crippen LogP contribution >= 0.6 is 0 Å². The molecule has 0 radical (unpaired) electrons. The Hall–Kier alpha value is -0.770. The van der Waals surface area contributed by atoms with Crippen molar-refractivity contribution in [3.05, 3.63) is 0 Å². The normalized spacial score (nSPS) is 39.4. The number of hydrogen-bond donors (Lipinski definition) is 6. The lowest BCUT2D eigenvalue weighted by atomic mass is 9.97. The Morgan fingerprint density at radius 3 is 2.44 bits per heavy atom. The average Bonchev–Trinajstić information content (AvgIpc) is 2.28. The Balaban J connectivity index is 2.67. The van der Waals surface area contributed by atoms with E-state index >= 15 is 0 Å². The van der Waals surface area contributed by atoms with E-state index in [0.717, 1.165) is 0 Å². The van der Waals surface area contributed by atoms with Crippen molar-refractivity contribution in [2.75, 3.05) is 13.2 Å². The molecule has 0 spiro atoms. The van der Waals surface area contributed by atoms with Crippen molar-refractivity contribution in [3.63, 3.8) is 0 Å². The van der Waals surface area contributed by atoms with E-state index in [1.807, 2.05) is 0 Å². The molecule has 1 amide bonds. The molecule has 8 nitrogen and oxygen atoms in total. The predicted molar refractivity (Wildman–Crippen MR) is 51.0 cm³/mol. The van der Waals surface area contributed by atoms with Gasteiger partial charge in [-0.05, 0) is 0 Å². The SMILES string of the molecule is NCC(=O)NC1[C@H](O)OC(CO)[C@@H](O)[C@@H]1O. The molecule has 1 aliphatic heterocycles. The first-order chi connectivity index (χ1) is 7.51. The van der Waals surface area contributed by atoms with Crippen LogP contribution in [0.3, 0.4) is 0 Å². The molecule has 1 rings (SSSR count). The standard InChI is InChI=1S/C8H16N2O6/c9-1-4(12)10-5-7(14)6(13)3(2-11)16-8(5)15/h3,5-8,11,13-15H,1-2,9H2,(H,10,12)/t3?,5?,6-,7-,8-/m1/s1. The molecule has 0 saturated carbocycles. The van der Waals surface area contributed by atoms with E-state index in [1.54, 1.807) is 0 Å². The summed E-state index contributed by atoms with van der Waals surface area (Å²) >= 11 is 0. The first-order valence-electron chi connectivity index (χ1n) is 4.81. The molecule has 1 fully saturated rings. The van der Waals surface area contributed by atoms with E-state index in [0.29, 0.717) is 0 Å². The van der Waals surface area contributed by atoms with Gasteiger partial charge in [-0.2, -0.15) is 0 Å². The lowest BCUT2D eigenvalue weighted by Gasteiger charge is -2.40. The first-order valence-corrected chi connectivity index (χ1v) is 4.81. The third-order valence-corrected chi connectivity index (χ3v) is 2.41. The zero-order valence-corrected chi connectivity index (χ0v) is 8.48. The van der Waals surface area contributed by atoms with Gasteiger partial charge in [-0.15, -0.1) is 0 Å². The predicted octanol–water partition coefficient (Wildman–Crippen LogP) is -4.14. The summed E-state index contributed by atoms with van der Waals surface area (Å²) in [5.74, 6) is -0.596. The summed E-state index contributed by atoms with van der Waals surface area (Å²) < 4.78 is 4.82. The number of ether oxygens (including phenoxy) is 1. The molecule has 0 aliphatic carbocycles. The first kappa shape index (κ1) is 13.3. The molecular weight excluding hydrogens is 220 g/mol. The van der Waals surface area contributed by atoms with Crippen molar-refractivity contribution in [2.24, 2.45) is 5.73 Å². The van der Waals surface area contributed by atoms with E-state index < -0.39 is 43.2 Å². The molecule has 0 bridgehead atoms. The molecule has 0 aromatic carbocycles. The van der Waals surface area contributed by atoms with Crippen LogP contribution in [-0.4, -0.2) is 70.1 Å². The smallest absolute Gasteiger partial charge is 0.234 e. The maximum Gasteiger partial charge on any atom is 0.234 e. The summed E-state index contributed by atoms with van der Waals surface area (Å²) in [6, 6.07) is -1.17. The average molecular weight is 236 g/mol. The molecule has 7 N–H and O–H groups in total. The largest absolute Gasteiger partial charge is 0.394 e. The number of nitrogens with one attached hydrogen (secondary N) is 1. The van der Waals surface area contributed by atoms with E-state index in [9.17, 15) is 20.1 Å². The van der Waals surface area contributed by atoms with E-state index in [2.05, 4.69) is 5.32 Å². The second-order valence-corrected chi connectivity index (χ2v) is 3.53. The Morgan fingerprint density at radius 1 is 1.31 bits per heavy atom. The van der Waals surface area contributed by atoms with Gasteiger partial charge in [-0.3, -0.25) is 4.79 Å². The highest BCUT2D eigenvalue weighted by molar-refractivity contribution is 5.78. The summed E-state index contributed by atoms with van der Waals surface area (Å²) in [5.41, 5.74) is 5.05. The van der Waals surface area contributed by atoms with Crippen LogP contribution < -0.4 is 11.1 Å². The zero-order valence-electron chi connectivity index (χ0n) is 8.48. The minimum atomic E-state index is -1.51. The number of aliphatic hydroxyl groups is 4.